The summed E-state index contributed by atoms with van der Waals surface area (Å²) in [5.41, 5.74) is -1.90. The maximum absolute atomic E-state index is 10.5. The summed E-state index contributed by atoms with van der Waals surface area (Å²) >= 11 is 0. The van der Waals surface area contributed by atoms with Gasteiger partial charge >= 0.3 is 0 Å². The summed E-state index contributed by atoms with van der Waals surface area (Å²) in [4.78, 5) is 14.8. The molecule has 0 unspecified atom stereocenters. The van der Waals surface area contributed by atoms with Crippen molar-refractivity contribution < 1.29 is 27.4 Å². The first kappa shape index (κ1) is 21.6. The lowest BCUT2D eigenvalue weighted by Crippen LogP contribution is -2.74. The van der Waals surface area contributed by atoms with E-state index < -0.39 is 163 Å². The van der Waals surface area contributed by atoms with Crippen molar-refractivity contribution in [1.82, 2.24) is 24.1 Å². The Morgan fingerprint density at radius 3 is 1.30 bits per heavy atom. The molecule has 12 aromatic rings. The van der Waals surface area contributed by atoms with E-state index in [0.717, 1.165) is 4.57 Å². The molecule has 0 aliphatic rings. The van der Waals surface area contributed by atoms with Crippen LogP contribution in [-0.4, -0.2) is 32.2 Å². The van der Waals surface area contributed by atoms with Gasteiger partial charge in [0.1, 0.15) is 0 Å². The second-order valence-electron chi connectivity index (χ2n) is 14.5. The Hall–Kier alpha value is -8.19. The SMILES string of the molecule is [2H]c1c([2H])c(-c2nc(-c3ccccc3-n3c4c([2H])c([2H])c([2H])c([2H])c4c4c([2H])c([2H])c([2H])c([2H])c43)nc(-n3c4c([2H])c([2H])c([2H])c([2H])c4c4c([2H])c([2H])c([2H])c([2H])c43)n2)c([2H])c([Si](c2ccccc2)(c2ccccc2)c2ccccc2)c1[2H]. The second kappa shape index (κ2) is 15.1. The van der Waals surface area contributed by atoms with Crippen molar-refractivity contribution in [3.05, 3.63) is 236 Å². The largest absolute Gasteiger partial charge is 0.309 e. The summed E-state index contributed by atoms with van der Waals surface area (Å²) in [5.74, 6) is -1.54. The van der Waals surface area contributed by atoms with E-state index in [0.29, 0.717) is 15.6 Å². The Morgan fingerprint density at radius 2 is 0.794 bits per heavy atom. The summed E-state index contributed by atoms with van der Waals surface area (Å²) < 4.78 is 186. The Labute approximate surface area is 394 Å². The van der Waals surface area contributed by atoms with Gasteiger partial charge in [-0.1, -0.05) is 200 Å². The molecule has 0 aliphatic carbocycles. The molecule has 0 bridgehead atoms. The van der Waals surface area contributed by atoms with Crippen LogP contribution in [0.25, 0.3) is 78.0 Å². The smallest absolute Gasteiger partial charge is 0.238 e. The van der Waals surface area contributed by atoms with Gasteiger partial charge in [-0.15, -0.1) is 0 Å². The predicted molar refractivity (Wildman–Crippen MR) is 263 cm³/mol. The summed E-state index contributed by atoms with van der Waals surface area (Å²) in [6.45, 7) is 0. The standard InChI is InChI=1S/C57H39N5Si/c1-4-22-41(23-5-1)63(42-24-6-2-7-25-42,43-26-8-3-9-27-43)44-28-20-21-40(39-44)55-58-56(60-57(59-55)62-52-36-17-12-31-47(52)48-32-13-18-37-53(48)62)49-33-14-19-38-54(49)61-50-34-15-10-29-45(50)46-30-11-16-35-51(46)61/h1-39H/i10D,11D,12D,13D,15D,16D,17D,18D,20D,21D,28D,29D,30D,31D,32D,34D,35D,36D,37D,39D. The van der Waals surface area contributed by atoms with E-state index in [2.05, 4.69) is 0 Å². The van der Waals surface area contributed by atoms with Gasteiger partial charge in [-0.2, -0.15) is 9.97 Å². The number of rotatable bonds is 8. The van der Waals surface area contributed by atoms with Gasteiger partial charge in [0.15, 0.2) is 19.7 Å². The van der Waals surface area contributed by atoms with E-state index in [-0.39, 0.29) is 49.0 Å². The Balaban J connectivity index is 1.30. The van der Waals surface area contributed by atoms with Crippen LogP contribution in [0.4, 0.5) is 0 Å². The van der Waals surface area contributed by atoms with Gasteiger partial charge in [0.05, 0.1) is 55.2 Å². The molecule has 0 atom stereocenters. The van der Waals surface area contributed by atoms with Crippen molar-refractivity contribution in [1.29, 1.82) is 0 Å². The molecule has 0 aliphatic heterocycles. The first-order chi connectivity index (χ1) is 39.6. The normalized spacial score (nSPS) is 16.3. The molecular formula is C57H39N5Si. The minimum Gasteiger partial charge on any atom is -0.309 e. The third-order valence-corrected chi connectivity index (χ3v) is 15.7. The summed E-state index contributed by atoms with van der Waals surface area (Å²) in [6.07, 6.45) is 0. The number of aromatic nitrogens is 5. The highest BCUT2D eigenvalue weighted by Gasteiger charge is 2.41. The fourth-order valence-electron chi connectivity index (χ4n) is 8.48. The molecule has 0 spiro atoms. The van der Waals surface area contributed by atoms with Crippen LogP contribution in [0.3, 0.4) is 0 Å². The van der Waals surface area contributed by atoms with Crippen LogP contribution in [0, 0.1) is 0 Å². The second-order valence-corrected chi connectivity index (χ2v) is 18.2. The average molecular weight is 842 g/mol. The highest BCUT2D eigenvalue weighted by molar-refractivity contribution is 7.19. The Morgan fingerprint density at radius 1 is 0.365 bits per heavy atom. The lowest BCUT2D eigenvalue weighted by Gasteiger charge is -2.34. The fourth-order valence-corrected chi connectivity index (χ4v) is 13.0. The molecule has 63 heavy (non-hydrogen) atoms. The third kappa shape index (κ3) is 5.87. The number of benzene rings is 9. The quantitative estimate of drug-likeness (QED) is 0.113. The molecule has 0 N–H and O–H groups in total. The Kier molecular flexibility index (Phi) is 5.15. The summed E-state index contributed by atoms with van der Waals surface area (Å²) in [7, 11) is -3.96. The monoisotopic (exact) mass is 841 g/mol. The number of fused-ring (bicyclic) bond motifs is 6. The van der Waals surface area contributed by atoms with Crippen molar-refractivity contribution in [3.8, 4) is 34.4 Å². The van der Waals surface area contributed by atoms with Gasteiger partial charge < -0.3 is 4.57 Å². The van der Waals surface area contributed by atoms with Crippen LogP contribution in [0.1, 0.15) is 27.4 Å². The minimum atomic E-state index is -3.96. The molecule has 12 rings (SSSR count). The lowest BCUT2D eigenvalue weighted by molar-refractivity contribution is 0.952. The molecule has 0 amide bonds. The fraction of sp³-hybridized carbons (Fsp3) is 0. The van der Waals surface area contributed by atoms with Gasteiger partial charge in [0, 0.05) is 32.7 Å². The predicted octanol–water partition coefficient (Wildman–Crippen LogP) is 10.8. The first-order valence-corrected chi connectivity index (χ1v) is 21.7. The highest BCUT2D eigenvalue weighted by atomic mass is 28.3. The molecular weight excluding hydrogens is 783 g/mol. The summed E-state index contributed by atoms with van der Waals surface area (Å²) in [5, 5.41) is 0.981. The average Bonchev–Trinajstić information content (AvgIpc) is 2.28. The van der Waals surface area contributed by atoms with Gasteiger partial charge in [-0.25, -0.2) is 4.98 Å². The van der Waals surface area contributed by atoms with E-state index in [4.69, 9.17) is 28.7 Å². The van der Waals surface area contributed by atoms with Crippen LogP contribution in [0.2, 0.25) is 0 Å². The van der Waals surface area contributed by atoms with Crippen molar-refractivity contribution in [2.24, 2.45) is 0 Å². The van der Waals surface area contributed by atoms with Crippen molar-refractivity contribution in [3.63, 3.8) is 0 Å². The third-order valence-electron chi connectivity index (χ3n) is 11.1. The van der Waals surface area contributed by atoms with Crippen LogP contribution >= 0.6 is 0 Å². The molecule has 0 saturated heterocycles. The van der Waals surface area contributed by atoms with Gasteiger partial charge in [0.2, 0.25) is 5.95 Å². The van der Waals surface area contributed by atoms with Gasteiger partial charge in [0.25, 0.3) is 0 Å². The molecule has 5 nitrogen and oxygen atoms in total. The minimum absolute atomic E-state index is 0.0506. The maximum Gasteiger partial charge on any atom is 0.238 e. The number of hydrogen-bond acceptors (Lipinski definition) is 3. The van der Waals surface area contributed by atoms with E-state index in [1.54, 1.807) is 0 Å². The van der Waals surface area contributed by atoms with E-state index in [9.17, 15) is 13.7 Å². The van der Waals surface area contributed by atoms with E-state index in [1.807, 2.05) is 91.0 Å². The topological polar surface area (TPSA) is 48.5 Å². The van der Waals surface area contributed by atoms with Crippen LogP contribution < -0.4 is 20.7 Å². The van der Waals surface area contributed by atoms with Gasteiger partial charge in [-0.05, 0) is 57.0 Å². The Bertz CT molecular complexity index is 4560. The molecule has 0 fully saturated rings. The number of para-hydroxylation sites is 5. The van der Waals surface area contributed by atoms with Crippen molar-refractivity contribution in [2.45, 2.75) is 0 Å². The molecule has 9 aromatic carbocycles. The molecule has 0 radical (unpaired) electrons. The number of hydrogen-bond donors (Lipinski definition) is 0. The number of nitrogens with zero attached hydrogens (tertiary/aromatic N) is 5. The zero-order chi connectivity index (χ0) is 59.2. The van der Waals surface area contributed by atoms with Gasteiger partial charge in [-0.3, -0.25) is 4.57 Å². The lowest BCUT2D eigenvalue weighted by atomic mass is 10.1. The van der Waals surface area contributed by atoms with Crippen LogP contribution in [0.15, 0.2) is 236 Å². The summed E-state index contributed by atoms with van der Waals surface area (Å²) in [6, 6.07) is 20.4. The van der Waals surface area contributed by atoms with Crippen molar-refractivity contribution in [2.75, 3.05) is 0 Å². The van der Waals surface area contributed by atoms with E-state index in [1.165, 1.54) is 28.8 Å². The van der Waals surface area contributed by atoms with E-state index >= 15 is 0 Å². The van der Waals surface area contributed by atoms with Crippen molar-refractivity contribution >= 4 is 72.4 Å². The van der Waals surface area contributed by atoms with Crippen LogP contribution in [0.5, 0.6) is 0 Å². The molecule has 3 aromatic heterocycles. The zero-order valence-corrected chi connectivity index (χ0v) is 33.7. The first-order valence-electron chi connectivity index (χ1n) is 29.7. The zero-order valence-electron chi connectivity index (χ0n) is 52.7. The molecule has 3 heterocycles. The highest BCUT2D eigenvalue weighted by Crippen LogP contribution is 2.37. The molecule has 6 heteroatoms. The molecule has 0 saturated carbocycles. The maximum atomic E-state index is 10.5. The molecule has 296 valence electrons. The van der Waals surface area contributed by atoms with Crippen LogP contribution in [-0.2, 0) is 0 Å².